The Kier molecular flexibility index (Phi) is 4.80. The van der Waals surface area contributed by atoms with Gasteiger partial charge in [-0.05, 0) is 53.1 Å². The van der Waals surface area contributed by atoms with E-state index in [-0.39, 0.29) is 6.42 Å². The first-order chi connectivity index (χ1) is 12.4. The number of carboxylic acid groups (broad SMARTS) is 1. The van der Waals surface area contributed by atoms with Crippen molar-refractivity contribution in [2.75, 3.05) is 0 Å². The molecule has 1 N–H and O–H groups in total. The topological polar surface area (TPSA) is 37.3 Å². The SMILES string of the molecule is O=C(O)CC(c1ccc(F)cc1)(c1ccc(F)cc1)c1ccc(F)cc1. The van der Waals surface area contributed by atoms with Gasteiger partial charge in [0.25, 0.3) is 0 Å². The molecule has 0 bridgehead atoms. The van der Waals surface area contributed by atoms with Gasteiger partial charge in [-0.1, -0.05) is 36.4 Å². The molecule has 26 heavy (non-hydrogen) atoms. The molecule has 0 aromatic heterocycles. The maximum atomic E-state index is 13.4. The lowest BCUT2D eigenvalue weighted by atomic mass is 9.67. The van der Waals surface area contributed by atoms with Crippen molar-refractivity contribution in [1.82, 2.24) is 0 Å². The first-order valence-corrected chi connectivity index (χ1v) is 7.92. The van der Waals surface area contributed by atoms with Crippen LogP contribution in [0.25, 0.3) is 0 Å². The normalized spacial score (nSPS) is 11.3. The number of aliphatic carboxylic acids is 1. The highest BCUT2D eigenvalue weighted by Crippen LogP contribution is 2.42. The molecule has 0 fully saturated rings. The van der Waals surface area contributed by atoms with E-state index in [1.54, 1.807) is 0 Å². The van der Waals surface area contributed by atoms with E-state index in [2.05, 4.69) is 0 Å². The van der Waals surface area contributed by atoms with Crippen molar-refractivity contribution >= 4 is 5.97 Å². The first kappa shape index (κ1) is 17.7. The Balaban J connectivity index is 2.33. The zero-order valence-corrected chi connectivity index (χ0v) is 13.6. The van der Waals surface area contributed by atoms with Crippen LogP contribution in [0.5, 0.6) is 0 Å². The summed E-state index contributed by atoms with van der Waals surface area (Å²) in [5.74, 6) is -2.48. The lowest BCUT2D eigenvalue weighted by Crippen LogP contribution is -2.32. The molecule has 0 aliphatic heterocycles. The third kappa shape index (κ3) is 3.33. The zero-order chi connectivity index (χ0) is 18.7. The number of rotatable bonds is 5. The van der Waals surface area contributed by atoms with E-state index >= 15 is 0 Å². The van der Waals surface area contributed by atoms with Crippen molar-refractivity contribution in [1.29, 1.82) is 0 Å². The van der Waals surface area contributed by atoms with Crippen molar-refractivity contribution in [3.05, 3.63) is 107 Å². The molecule has 0 aliphatic carbocycles. The van der Waals surface area contributed by atoms with Gasteiger partial charge in [-0.25, -0.2) is 13.2 Å². The summed E-state index contributed by atoms with van der Waals surface area (Å²) in [5, 5.41) is 9.57. The molecule has 5 heteroatoms. The van der Waals surface area contributed by atoms with Crippen LogP contribution in [-0.2, 0) is 10.2 Å². The highest BCUT2D eigenvalue weighted by Gasteiger charge is 2.38. The molecular weight excluding hydrogens is 341 g/mol. The minimum absolute atomic E-state index is 0.365. The predicted molar refractivity (Wildman–Crippen MR) is 91.3 cm³/mol. The molecule has 132 valence electrons. The van der Waals surface area contributed by atoms with Crippen LogP contribution in [0.15, 0.2) is 72.8 Å². The summed E-state index contributed by atoms with van der Waals surface area (Å²) in [6, 6.07) is 16.4. The van der Waals surface area contributed by atoms with Crippen molar-refractivity contribution < 1.29 is 23.1 Å². The minimum Gasteiger partial charge on any atom is -0.481 e. The highest BCUT2D eigenvalue weighted by atomic mass is 19.1. The van der Waals surface area contributed by atoms with Gasteiger partial charge in [-0.2, -0.15) is 0 Å². The third-order valence-electron chi connectivity index (χ3n) is 4.43. The smallest absolute Gasteiger partial charge is 0.304 e. The molecule has 0 heterocycles. The number of halogens is 3. The van der Waals surface area contributed by atoms with E-state index < -0.39 is 28.8 Å². The van der Waals surface area contributed by atoms with Gasteiger partial charge in [-0.3, -0.25) is 4.79 Å². The zero-order valence-electron chi connectivity index (χ0n) is 13.6. The van der Waals surface area contributed by atoms with Gasteiger partial charge in [0, 0.05) is 0 Å². The number of carboxylic acids is 1. The summed E-state index contributed by atoms with van der Waals surface area (Å²) in [6.07, 6.45) is -0.365. The summed E-state index contributed by atoms with van der Waals surface area (Å²) < 4.78 is 40.3. The molecule has 0 saturated carbocycles. The van der Waals surface area contributed by atoms with Crippen molar-refractivity contribution in [3.63, 3.8) is 0 Å². The molecule has 2 nitrogen and oxygen atoms in total. The minimum atomic E-state index is -1.22. The third-order valence-corrected chi connectivity index (χ3v) is 4.43. The fourth-order valence-corrected chi connectivity index (χ4v) is 3.24. The largest absolute Gasteiger partial charge is 0.481 e. The highest BCUT2D eigenvalue weighted by molar-refractivity contribution is 5.73. The van der Waals surface area contributed by atoms with Crippen LogP contribution in [0.3, 0.4) is 0 Å². The Hall–Kier alpha value is -3.08. The molecule has 0 saturated heterocycles. The molecule has 3 aromatic rings. The molecule has 0 aliphatic rings. The van der Waals surface area contributed by atoms with E-state index in [0.717, 1.165) is 0 Å². The second kappa shape index (κ2) is 7.04. The Morgan fingerprint density at radius 3 is 1.15 bits per heavy atom. The molecule has 0 radical (unpaired) electrons. The van der Waals surface area contributed by atoms with Crippen LogP contribution >= 0.6 is 0 Å². The summed E-state index contributed by atoms with van der Waals surface area (Å²) in [7, 11) is 0. The van der Waals surface area contributed by atoms with Crippen LogP contribution < -0.4 is 0 Å². The standard InChI is InChI=1S/C21H15F3O2/c22-17-7-1-14(2-8-17)21(13-20(25)26,15-3-9-18(23)10-4-15)16-5-11-19(24)12-6-16/h1-12H,13H2,(H,25,26). The summed E-state index contributed by atoms with van der Waals surface area (Å²) >= 11 is 0. The Labute approximate surface area is 148 Å². The van der Waals surface area contributed by atoms with Crippen molar-refractivity contribution in [3.8, 4) is 0 Å². The van der Waals surface area contributed by atoms with E-state index in [9.17, 15) is 23.1 Å². The van der Waals surface area contributed by atoms with Crippen LogP contribution in [0.1, 0.15) is 23.1 Å². The molecule has 0 spiro atoms. The second-order valence-electron chi connectivity index (χ2n) is 6.00. The molecule has 3 rings (SSSR count). The fraction of sp³-hybridized carbons (Fsp3) is 0.0952. The van der Waals surface area contributed by atoms with E-state index in [0.29, 0.717) is 16.7 Å². The monoisotopic (exact) mass is 356 g/mol. The predicted octanol–water partition coefficient (Wildman–Crippen LogP) is 4.91. The average Bonchev–Trinajstić information content (AvgIpc) is 2.62. The average molecular weight is 356 g/mol. The van der Waals surface area contributed by atoms with Gasteiger partial charge in [0.05, 0.1) is 11.8 Å². The van der Waals surface area contributed by atoms with Gasteiger partial charge in [0.15, 0.2) is 0 Å². The Bertz CT molecular complexity index is 791. The van der Waals surface area contributed by atoms with Crippen LogP contribution in [0.4, 0.5) is 13.2 Å². The lowest BCUT2D eigenvalue weighted by molar-refractivity contribution is -0.137. The van der Waals surface area contributed by atoms with Crippen LogP contribution in [-0.4, -0.2) is 11.1 Å². The number of hydrogen-bond donors (Lipinski definition) is 1. The number of carbonyl (C=O) groups is 1. The van der Waals surface area contributed by atoms with Gasteiger partial charge < -0.3 is 5.11 Å². The Morgan fingerprint density at radius 2 is 0.923 bits per heavy atom. The molecular formula is C21H15F3O2. The lowest BCUT2D eigenvalue weighted by Gasteiger charge is -2.34. The van der Waals surface area contributed by atoms with Gasteiger partial charge >= 0.3 is 5.97 Å². The maximum absolute atomic E-state index is 13.4. The van der Waals surface area contributed by atoms with Gasteiger partial charge in [0.1, 0.15) is 17.5 Å². The maximum Gasteiger partial charge on any atom is 0.304 e. The van der Waals surface area contributed by atoms with Crippen LogP contribution in [0, 0.1) is 17.5 Å². The summed E-state index contributed by atoms with van der Waals surface area (Å²) in [6.45, 7) is 0. The van der Waals surface area contributed by atoms with E-state index in [4.69, 9.17) is 0 Å². The molecule has 0 atom stereocenters. The summed E-state index contributed by atoms with van der Waals surface area (Å²) in [5.41, 5.74) is 0.319. The quantitative estimate of drug-likeness (QED) is 0.660. The van der Waals surface area contributed by atoms with Gasteiger partial charge in [0.2, 0.25) is 0 Å². The Morgan fingerprint density at radius 1 is 0.654 bits per heavy atom. The molecule has 3 aromatic carbocycles. The van der Waals surface area contributed by atoms with Crippen molar-refractivity contribution in [2.24, 2.45) is 0 Å². The number of hydrogen-bond acceptors (Lipinski definition) is 1. The van der Waals surface area contributed by atoms with Crippen molar-refractivity contribution in [2.45, 2.75) is 11.8 Å². The van der Waals surface area contributed by atoms with Gasteiger partial charge in [-0.15, -0.1) is 0 Å². The molecule has 0 amide bonds. The first-order valence-electron chi connectivity index (χ1n) is 7.92. The second-order valence-corrected chi connectivity index (χ2v) is 6.00. The van der Waals surface area contributed by atoms with E-state index in [1.165, 1.54) is 72.8 Å². The summed E-state index contributed by atoms with van der Waals surface area (Å²) in [4.78, 5) is 11.7. The number of benzene rings is 3. The van der Waals surface area contributed by atoms with E-state index in [1.807, 2.05) is 0 Å². The molecule has 0 unspecified atom stereocenters. The fourth-order valence-electron chi connectivity index (χ4n) is 3.24. The van der Waals surface area contributed by atoms with Crippen LogP contribution in [0.2, 0.25) is 0 Å².